The molecule has 1 aliphatic heterocycles. The van der Waals surface area contributed by atoms with E-state index in [-0.39, 0.29) is 5.91 Å². The minimum Gasteiger partial charge on any atom is -0.493 e. The Morgan fingerprint density at radius 2 is 2.23 bits per heavy atom. The second-order valence-electron chi connectivity index (χ2n) is 6.44. The number of primary amides is 1. The first kappa shape index (κ1) is 19.9. The molecule has 3 N–H and O–H groups in total. The van der Waals surface area contributed by atoms with Crippen molar-refractivity contribution in [1.29, 1.82) is 0 Å². The number of amides is 1. The molecule has 1 heterocycles. The van der Waals surface area contributed by atoms with Crippen molar-refractivity contribution in [2.75, 3.05) is 33.9 Å². The number of ether oxygens (including phenoxy) is 2. The van der Waals surface area contributed by atoms with E-state index < -0.39 is 0 Å². The molecule has 1 saturated heterocycles. The van der Waals surface area contributed by atoms with E-state index in [0.29, 0.717) is 25.5 Å². The van der Waals surface area contributed by atoms with E-state index in [0.717, 1.165) is 49.0 Å². The Morgan fingerprint density at radius 1 is 1.42 bits per heavy atom. The summed E-state index contributed by atoms with van der Waals surface area (Å²) in [5.41, 5.74) is 6.43. The topological polar surface area (TPSA) is 89.2 Å². The zero-order chi connectivity index (χ0) is 18.9. The highest BCUT2D eigenvalue weighted by molar-refractivity contribution is 5.80. The predicted molar refractivity (Wildman–Crippen MR) is 102 cm³/mol. The van der Waals surface area contributed by atoms with Crippen LogP contribution in [0, 0.1) is 5.92 Å². The third-order valence-corrected chi connectivity index (χ3v) is 4.50. The standard InChI is InChI=1S/C19H30N4O3/c1-4-26-17-10-14(7-8-16(17)25-3)12-22-19(21-2)23-9-5-6-15(13-23)11-18(20)24/h7-8,10,15H,4-6,9,11-13H2,1-3H3,(H2,20,24)(H,21,22). The van der Waals surface area contributed by atoms with Gasteiger partial charge in [-0.2, -0.15) is 0 Å². The average Bonchev–Trinajstić information content (AvgIpc) is 2.62. The number of nitrogens with two attached hydrogens (primary N) is 1. The van der Waals surface area contributed by atoms with E-state index in [1.807, 2.05) is 25.1 Å². The molecule has 2 rings (SSSR count). The molecule has 0 aromatic heterocycles. The summed E-state index contributed by atoms with van der Waals surface area (Å²) in [4.78, 5) is 17.8. The molecule has 1 aliphatic rings. The molecule has 1 unspecified atom stereocenters. The van der Waals surface area contributed by atoms with Crippen LogP contribution in [0.2, 0.25) is 0 Å². The highest BCUT2D eigenvalue weighted by Gasteiger charge is 2.23. The summed E-state index contributed by atoms with van der Waals surface area (Å²) < 4.78 is 11.0. The zero-order valence-electron chi connectivity index (χ0n) is 16.0. The van der Waals surface area contributed by atoms with Gasteiger partial charge in [-0.15, -0.1) is 0 Å². The van der Waals surface area contributed by atoms with Crippen LogP contribution in [0.4, 0.5) is 0 Å². The van der Waals surface area contributed by atoms with Crippen LogP contribution in [0.15, 0.2) is 23.2 Å². The fourth-order valence-corrected chi connectivity index (χ4v) is 3.32. The molecule has 0 bridgehead atoms. The summed E-state index contributed by atoms with van der Waals surface area (Å²) in [6.45, 7) is 4.90. The summed E-state index contributed by atoms with van der Waals surface area (Å²) in [7, 11) is 3.41. The van der Waals surface area contributed by atoms with Crippen molar-refractivity contribution in [3.05, 3.63) is 23.8 Å². The van der Waals surface area contributed by atoms with Crippen LogP contribution in [0.5, 0.6) is 11.5 Å². The number of nitrogens with zero attached hydrogens (tertiary/aromatic N) is 2. The van der Waals surface area contributed by atoms with E-state index in [1.54, 1.807) is 14.2 Å². The molecular weight excluding hydrogens is 332 g/mol. The number of methoxy groups -OCH3 is 1. The van der Waals surface area contributed by atoms with Crippen molar-refractivity contribution in [2.24, 2.45) is 16.6 Å². The first-order valence-electron chi connectivity index (χ1n) is 9.11. The number of benzene rings is 1. The molecule has 1 aromatic carbocycles. The molecule has 0 aliphatic carbocycles. The maximum atomic E-state index is 11.2. The lowest BCUT2D eigenvalue weighted by Crippen LogP contribution is -2.46. The van der Waals surface area contributed by atoms with Crippen LogP contribution in [0.3, 0.4) is 0 Å². The number of carbonyl (C=O) groups is 1. The van der Waals surface area contributed by atoms with Gasteiger partial charge >= 0.3 is 0 Å². The van der Waals surface area contributed by atoms with Gasteiger partial charge in [0.05, 0.1) is 13.7 Å². The number of nitrogens with one attached hydrogen (secondary N) is 1. The first-order chi connectivity index (χ1) is 12.6. The Labute approximate surface area is 155 Å². The van der Waals surface area contributed by atoms with Crippen LogP contribution in [-0.4, -0.2) is 50.6 Å². The van der Waals surface area contributed by atoms with E-state index >= 15 is 0 Å². The number of piperidine rings is 1. The van der Waals surface area contributed by atoms with Gasteiger partial charge in [0.15, 0.2) is 17.5 Å². The molecule has 1 aromatic rings. The van der Waals surface area contributed by atoms with E-state index in [4.69, 9.17) is 15.2 Å². The van der Waals surface area contributed by atoms with Crippen molar-refractivity contribution in [3.63, 3.8) is 0 Å². The van der Waals surface area contributed by atoms with Crippen LogP contribution in [-0.2, 0) is 11.3 Å². The highest BCUT2D eigenvalue weighted by atomic mass is 16.5. The third-order valence-electron chi connectivity index (χ3n) is 4.50. The summed E-state index contributed by atoms with van der Waals surface area (Å²) in [5.74, 6) is 2.37. The number of hydrogen-bond donors (Lipinski definition) is 2. The number of guanidine groups is 1. The quantitative estimate of drug-likeness (QED) is 0.570. The van der Waals surface area contributed by atoms with Crippen LogP contribution < -0.4 is 20.5 Å². The Bertz CT molecular complexity index is 633. The Hall–Kier alpha value is -2.44. The molecule has 144 valence electrons. The molecule has 0 radical (unpaired) electrons. The smallest absolute Gasteiger partial charge is 0.217 e. The summed E-state index contributed by atoms with van der Waals surface area (Å²) in [6, 6.07) is 5.90. The highest BCUT2D eigenvalue weighted by Crippen LogP contribution is 2.28. The molecule has 1 fully saturated rings. The molecule has 0 saturated carbocycles. The molecule has 7 heteroatoms. The minimum absolute atomic E-state index is 0.235. The lowest BCUT2D eigenvalue weighted by molar-refractivity contribution is -0.119. The monoisotopic (exact) mass is 362 g/mol. The van der Waals surface area contributed by atoms with Crippen LogP contribution in [0.1, 0.15) is 31.7 Å². The maximum Gasteiger partial charge on any atom is 0.217 e. The maximum absolute atomic E-state index is 11.2. The second kappa shape index (κ2) is 9.89. The molecule has 7 nitrogen and oxygen atoms in total. The molecular formula is C19H30N4O3. The number of carbonyl (C=O) groups excluding carboxylic acids is 1. The van der Waals surface area contributed by atoms with Gasteiger partial charge in [0.25, 0.3) is 0 Å². The fourth-order valence-electron chi connectivity index (χ4n) is 3.32. The largest absolute Gasteiger partial charge is 0.493 e. The van der Waals surface area contributed by atoms with Gasteiger partial charge in [-0.3, -0.25) is 9.79 Å². The molecule has 1 amide bonds. The second-order valence-corrected chi connectivity index (χ2v) is 6.44. The van der Waals surface area contributed by atoms with Gasteiger partial charge in [-0.25, -0.2) is 0 Å². The third kappa shape index (κ3) is 5.54. The van der Waals surface area contributed by atoms with Gasteiger partial charge in [0.2, 0.25) is 5.91 Å². The lowest BCUT2D eigenvalue weighted by Gasteiger charge is -2.34. The van der Waals surface area contributed by atoms with Gasteiger partial charge in [0.1, 0.15) is 0 Å². The van der Waals surface area contributed by atoms with E-state index in [9.17, 15) is 4.79 Å². The number of rotatable bonds is 7. The predicted octanol–water partition coefficient (Wildman–Crippen LogP) is 1.76. The van der Waals surface area contributed by atoms with Gasteiger partial charge in [-0.1, -0.05) is 6.07 Å². The number of hydrogen-bond acceptors (Lipinski definition) is 4. The molecule has 1 atom stereocenters. The first-order valence-corrected chi connectivity index (χ1v) is 9.11. The van der Waals surface area contributed by atoms with Gasteiger partial charge < -0.3 is 25.4 Å². The van der Waals surface area contributed by atoms with E-state index in [2.05, 4.69) is 15.2 Å². The van der Waals surface area contributed by atoms with Crippen molar-refractivity contribution < 1.29 is 14.3 Å². The fraction of sp³-hybridized carbons (Fsp3) is 0.579. The Balaban J connectivity index is 1.98. The van der Waals surface area contributed by atoms with Crippen LogP contribution >= 0.6 is 0 Å². The minimum atomic E-state index is -0.235. The normalized spacial score (nSPS) is 17.7. The van der Waals surface area contributed by atoms with Gasteiger partial charge in [0, 0.05) is 33.1 Å². The summed E-state index contributed by atoms with van der Waals surface area (Å²) in [6.07, 6.45) is 2.51. The van der Waals surface area contributed by atoms with Crippen molar-refractivity contribution >= 4 is 11.9 Å². The molecule has 0 spiro atoms. The van der Waals surface area contributed by atoms with Crippen molar-refractivity contribution in [2.45, 2.75) is 32.7 Å². The zero-order valence-corrected chi connectivity index (χ0v) is 16.0. The number of aliphatic imine (C=N–C) groups is 1. The van der Waals surface area contributed by atoms with E-state index in [1.165, 1.54) is 0 Å². The van der Waals surface area contributed by atoms with Crippen molar-refractivity contribution in [1.82, 2.24) is 10.2 Å². The SMILES string of the molecule is CCOc1cc(CNC(=NC)N2CCCC(CC(N)=O)C2)ccc1OC. The summed E-state index contributed by atoms with van der Waals surface area (Å²) in [5, 5.41) is 3.40. The Kier molecular flexibility index (Phi) is 7.56. The van der Waals surface area contributed by atoms with Crippen LogP contribution in [0.25, 0.3) is 0 Å². The van der Waals surface area contributed by atoms with Crippen molar-refractivity contribution in [3.8, 4) is 11.5 Å². The number of likely N-dealkylation sites (tertiary alicyclic amines) is 1. The van der Waals surface area contributed by atoms with Gasteiger partial charge in [-0.05, 0) is 43.4 Å². The molecule has 26 heavy (non-hydrogen) atoms. The summed E-state index contributed by atoms with van der Waals surface area (Å²) >= 11 is 0. The lowest BCUT2D eigenvalue weighted by atomic mass is 9.95. The average molecular weight is 362 g/mol. The Morgan fingerprint density at radius 3 is 2.88 bits per heavy atom.